The highest BCUT2D eigenvalue weighted by molar-refractivity contribution is 6.30. The predicted octanol–water partition coefficient (Wildman–Crippen LogP) is 2.59. The van der Waals surface area contributed by atoms with Gasteiger partial charge in [-0.15, -0.1) is 0 Å². The molecule has 2 heterocycles. The number of rotatable bonds is 2. The van der Waals surface area contributed by atoms with Crippen LogP contribution in [0.3, 0.4) is 0 Å². The zero-order chi connectivity index (χ0) is 13.2. The maximum Gasteiger partial charge on any atom is 0.410 e. The molecule has 1 atom stereocenters. The van der Waals surface area contributed by atoms with Crippen molar-refractivity contribution in [2.75, 3.05) is 19.7 Å². The van der Waals surface area contributed by atoms with Gasteiger partial charge in [0.15, 0.2) is 0 Å². The summed E-state index contributed by atoms with van der Waals surface area (Å²) >= 11 is 6.04. The lowest BCUT2D eigenvalue weighted by atomic mass is 10.0. The SMILES string of the molecule is O=C1OC[C@@H](c2cccc(Cl)c2)N1C1CCNCC1. The summed E-state index contributed by atoms with van der Waals surface area (Å²) in [5.41, 5.74) is 1.05. The van der Waals surface area contributed by atoms with E-state index in [1.165, 1.54) is 0 Å². The zero-order valence-corrected chi connectivity index (χ0v) is 11.4. The Balaban J connectivity index is 1.85. The Kier molecular flexibility index (Phi) is 3.62. The summed E-state index contributed by atoms with van der Waals surface area (Å²) in [6.45, 7) is 2.33. The lowest BCUT2D eigenvalue weighted by molar-refractivity contribution is 0.134. The van der Waals surface area contributed by atoms with E-state index in [1.807, 2.05) is 29.2 Å². The van der Waals surface area contributed by atoms with Gasteiger partial charge in [-0.2, -0.15) is 0 Å². The normalized spacial score (nSPS) is 24.6. The third kappa shape index (κ3) is 2.55. The number of carbonyl (C=O) groups excluding carboxylic acids is 1. The molecular weight excluding hydrogens is 264 g/mol. The van der Waals surface area contributed by atoms with Gasteiger partial charge in [-0.3, -0.25) is 4.90 Å². The summed E-state index contributed by atoms with van der Waals surface area (Å²) < 4.78 is 5.25. The van der Waals surface area contributed by atoms with Crippen molar-refractivity contribution in [3.8, 4) is 0 Å². The summed E-state index contributed by atoms with van der Waals surface area (Å²) in [5, 5.41) is 4.01. The quantitative estimate of drug-likeness (QED) is 0.905. The van der Waals surface area contributed by atoms with Crippen LogP contribution in [0.4, 0.5) is 4.79 Å². The number of hydrogen-bond donors (Lipinski definition) is 1. The number of hydrogen-bond acceptors (Lipinski definition) is 3. The molecule has 0 saturated carbocycles. The Hall–Kier alpha value is -1.26. The fraction of sp³-hybridized carbons (Fsp3) is 0.500. The number of benzene rings is 1. The van der Waals surface area contributed by atoms with E-state index in [9.17, 15) is 4.79 Å². The number of piperidine rings is 1. The summed E-state index contributed by atoms with van der Waals surface area (Å²) in [4.78, 5) is 13.9. The van der Waals surface area contributed by atoms with Crippen LogP contribution in [-0.2, 0) is 4.74 Å². The molecule has 2 saturated heterocycles. The van der Waals surface area contributed by atoms with Gasteiger partial charge in [0.1, 0.15) is 6.61 Å². The second kappa shape index (κ2) is 5.39. The van der Waals surface area contributed by atoms with Gasteiger partial charge in [0.25, 0.3) is 0 Å². The van der Waals surface area contributed by atoms with Gasteiger partial charge in [-0.1, -0.05) is 23.7 Å². The highest BCUT2D eigenvalue weighted by atomic mass is 35.5. The zero-order valence-electron chi connectivity index (χ0n) is 10.6. The minimum Gasteiger partial charge on any atom is -0.447 e. The Morgan fingerprint density at radius 3 is 2.84 bits per heavy atom. The van der Waals surface area contributed by atoms with Crippen LogP contribution in [0.15, 0.2) is 24.3 Å². The third-order valence-corrected chi connectivity index (χ3v) is 4.08. The van der Waals surface area contributed by atoms with E-state index in [0.29, 0.717) is 11.6 Å². The minimum atomic E-state index is -0.197. The fourth-order valence-corrected chi connectivity index (χ4v) is 3.09. The molecule has 19 heavy (non-hydrogen) atoms. The molecule has 1 N–H and O–H groups in total. The summed E-state index contributed by atoms with van der Waals surface area (Å²) in [5.74, 6) is 0. The molecule has 0 unspecified atom stereocenters. The van der Waals surface area contributed by atoms with Crippen LogP contribution in [0.2, 0.25) is 5.02 Å². The van der Waals surface area contributed by atoms with Gasteiger partial charge in [-0.05, 0) is 43.6 Å². The first-order chi connectivity index (χ1) is 9.25. The number of nitrogens with zero attached hydrogens (tertiary/aromatic N) is 1. The molecular formula is C14H17ClN2O2. The van der Waals surface area contributed by atoms with Crippen molar-refractivity contribution < 1.29 is 9.53 Å². The Morgan fingerprint density at radius 2 is 2.11 bits per heavy atom. The van der Waals surface area contributed by atoms with E-state index in [0.717, 1.165) is 31.5 Å². The van der Waals surface area contributed by atoms with Crippen molar-refractivity contribution in [3.05, 3.63) is 34.9 Å². The van der Waals surface area contributed by atoms with Crippen molar-refractivity contribution in [1.29, 1.82) is 0 Å². The summed E-state index contributed by atoms with van der Waals surface area (Å²) in [6, 6.07) is 7.95. The molecule has 2 aliphatic heterocycles. The topological polar surface area (TPSA) is 41.6 Å². The molecule has 1 aromatic rings. The molecule has 1 aromatic carbocycles. The van der Waals surface area contributed by atoms with E-state index in [-0.39, 0.29) is 18.2 Å². The maximum atomic E-state index is 12.0. The van der Waals surface area contributed by atoms with E-state index >= 15 is 0 Å². The molecule has 2 fully saturated rings. The summed E-state index contributed by atoms with van der Waals surface area (Å²) in [6.07, 6.45) is 1.76. The van der Waals surface area contributed by atoms with Crippen molar-refractivity contribution in [2.24, 2.45) is 0 Å². The highest BCUT2D eigenvalue weighted by Gasteiger charge is 2.39. The highest BCUT2D eigenvalue weighted by Crippen LogP contribution is 2.33. The van der Waals surface area contributed by atoms with Crippen LogP contribution >= 0.6 is 11.6 Å². The van der Waals surface area contributed by atoms with Crippen molar-refractivity contribution in [3.63, 3.8) is 0 Å². The van der Waals surface area contributed by atoms with Gasteiger partial charge in [-0.25, -0.2) is 4.79 Å². The van der Waals surface area contributed by atoms with E-state index in [1.54, 1.807) is 0 Å². The molecule has 102 valence electrons. The first-order valence-corrected chi connectivity index (χ1v) is 7.05. The smallest absolute Gasteiger partial charge is 0.410 e. The molecule has 1 amide bonds. The number of ether oxygens (including phenoxy) is 1. The largest absolute Gasteiger partial charge is 0.447 e. The first kappa shape index (κ1) is 12.8. The van der Waals surface area contributed by atoms with Gasteiger partial charge >= 0.3 is 6.09 Å². The van der Waals surface area contributed by atoms with Gasteiger partial charge in [0, 0.05) is 11.1 Å². The molecule has 0 bridgehead atoms. The molecule has 4 nitrogen and oxygen atoms in total. The van der Waals surface area contributed by atoms with Crippen LogP contribution in [0.5, 0.6) is 0 Å². The Labute approximate surface area is 117 Å². The predicted molar refractivity (Wildman–Crippen MR) is 73.3 cm³/mol. The molecule has 3 rings (SSSR count). The number of halogens is 1. The second-order valence-electron chi connectivity index (χ2n) is 5.04. The van der Waals surface area contributed by atoms with E-state index < -0.39 is 0 Å². The molecule has 0 radical (unpaired) electrons. The van der Waals surface area contributed by atoms with Gasteiger partial charge < -0.3 is 10.1 Å². The Bertz CT molecular complexity index is 474. The van der Waals surface area contributed by atoms with Crippen molar-refractivity contribution in [1.82, 2.24) is 10.2 Å². The van der Waals surface area contributed by atoms with Crippen LogP contribution in [0, 0.1) is 0 Å². The average Bonchev–Trinajstić information content (AvgIpc) is 2.82. The minimum absolute atomic E-state index is 0.00528. The molecule has 5 heteroatoms. The average molecular weight is 281 g/mol. The Morgan fingerprint density at radius 1 is 1.32 bits per heavy atom. The van der Waals surface area contributed by atoms with Gasteiger partial charge in [0.05, 0.1) is 6.04 Å². The molecule has 0 aromatic heterocycles. The summed E-state index contributed by atoms with van der Waals surface area (Å²) in [7, 11) is 0. The van der Waals surface area contributed by atoms with E-state index in [4.69, 9.17) is 16.3 Å². The molecule has 0 spiro atoms. The van der Waals surface area contributed by atoms with Crippen LogP contribution in [0.1, 0.15) is 24.4 Å². The first-order valence-electron chi connectivity index (χ1n) is 6.67. The monoisotopic (exact) mass is 280 g/mol. The van der Waals surface area contributed by atoms with Crippen molar-refractivity contribution >= 4 is 17.7 Å². The molecule has 2 aliphatic rings. The van der Waals surface area contributed by atoms with Crippen LogP contribution in [-0.4, -0.2) is 36.7 Å². The third-order valence-electron chi connectivity index (χ3n) is 3.85. The molecule has 0 aliphatic carbocycles. The van der Waals surface area contributed by atoms with Crippen LogP contribution < -0.4 is 5.32 Å². The maximum absolute atomic E-state index is 12.0. The number of amides is 1. The number of nitrogens with one attached hydrogen (secondary N) is 1. The fourth-order valence-electron chi connectivity index (χ4n) is 2.89. The van der Waals surface area contributed by atoms with Crippen LogP contribution in [0.25, 0.3) is 0 Å². The second-order valence-corrected chi connectivity index (χ2v) is 5.47. The standard InChI is InChI=1S/C14H17ClN2O2/c15-11-3-1-2-10(8-11)13-9-19-14(18)17(13)12-4-6-16-7-5-12/h1-3,8,12-13,16H,4-7,9H2/t13-/m0/s1. The lowest BCUT2D eigenvalue weighted by Crippen LogP contribution is -2.44. The number of carbonyl (C=O) groups is 1. The van der Waals surface area contributed by atoms with Crippen molar-refractivity contribution in [2.45, 2.75) is 24.9 Å². The lowest BCUT2D eigenvalue weighted by Gasteiger charge is -2.33. The van der Waals surface area contributed by atoms with Gasteiger partial charge in [0.2, 0.25) is 0 Å². The van der Waals surface area contributed by atoms with E-state index in [2.05, 4.69) is 5.32 Å². The number of cyclic esters (lactones) is 1.